The first-order valence-corrected chi connectivity index (χ1v) is 6.91. The van der Waals surface area contributed by atoms with E-state index in [2.05, 4.69) is 15.9 Å². The first kappa shape index (κ1) is 13.5. The van der Waals surface area contributed by atoms with Crippen molar-refractivity contribution < 1.29 is 23.8 Å². The molecule has 2 heterocycles. The van der Waals surface area contributed by atoms with Gasteiger partial charge in [-0.2, -0.15) is 0 Å². The van der Waals surface area contributed by atoms with Crippen LogP contribution in [0.15, 0.2) is 16.6 Å². The lowest BCUT2D eigenvalue weighted by Crippen LogP contribution is -2.46. The van der Waals surface area contributed by atoms with E-state index >= 15 is 0 Å². The van der Waals surface area contributed by atoms with Crippen LogP contribution in [0.2, 0.25) is 0 Å². The van der Waals surface area contributed by atoms with Gasteiger partial charge in [0, 0.05) is 23.2 Å². The lowest BCUT2D eigenvalue weighted by atomic mass is 9.75. The number of fused-ring (bicyclic) bond motifs is 2. The number of hydrogen-bond donors (Lipinski definition) is 1. The third kappa shape index (κ3) is 1.69. The van der Waals surface area contributed by atoms with Gasteiger partial charge in [-0.3, -0.25) is 4.79 Å². The molecule has 1 N–H and O–H groups in total. The highest BCUT2D eigenvalue weighted by molar-refractivity contribution is 9.10. The van der Waals surface area contributed by atoms with Crippen molar-refractivity contribution >= 4 is 33.6 Å². The minimum Gasteiger partial charge on any atom is -0.464 e. The van der Waals surface area contributed by atoms with Crippen LogP contribution in [0.25, 0.3) is 0 Å². The Morgan fingerprint density at radius 2 is 2.05 bits per heavy atom. The highest BCUT2D eigenvalue weighted by Gasteiger charge is 2.55. The Balaban J connectivity index is 2.26. The molecule has 0 atom stereocenters. The summed E-state index contributed by atoms with van der Waals surface area (Å²) in [6.45, 7) is 0.627. The number of carbonyl (C=O) groups is 2. The van der Waals surface area contributed by atoms with Crippen LogP contribution in [0.5, 0.6) is 0 Å². The molecule has 1 aromatic carbocycles. The second-order valence-electron chi connectivity index (χ2n) is 4.90. The van der Waals surface area contributed by atoms with E-state index in [-0.39, 0.29) is 11.3 Å². The molecule has 0 saturated carbocycles. The molecule has 2 amide bonds. The second kappa shape index (κ2) is 4.53. The molecule has 1 fully saturated rings. The fourth-order valence-corrected chi connectivity index (χ4v) is 3.43. The van der Waals surface area contributed by atoms with Crippen molar-refractivity contribution in [1.29, 1.82) is 0 Å². The number of carboxylic acid groups (broad SMARTS) is 1. The number of hydrogen-bond acceptors (Lipinski definition) is 3. The van der Waals surface area contributed by atoms with Crippen LogP contribution in [0.3, 0.4) is 0 Å². The molecule has 0 unspecified atom stereocenters. The maximum absolute atomic E-state index is 14.3. The van der Waals surface area contributed by atoms with Crippen molar-refractivity contribution in [2.24, 2.45) is 0 Å². The zero-order valence-corrected chi connectivity index (χ0v) is 11.9. The van der Waals surface area contributed by atoms with Gasteiger partial charge in [0.15, 0.2) is 0 Å². The number of imide groups is 1. The van der Waals surface area contributed by atoms with Gasteiger partial charge in [-0.05, 0) is 25.0 Å². The van der Waals surface area contributed by atoms with E-state index in [0.29, 0.717) is 35.4 Å². The second-order valence-corrected chi connectivity index (χ2v) is 5.82. The minimum absolute atomic E-state index is 0.108. The van der Waals surface area contributed by atoms with E-state index in [9.17, 15) is 19.1 Å². The summed E-state index contributed by atoms with van der Waals surface area (Å²) in [5.41, 5.74) is -0.829. The normalized spacial score (nSPS) is 20.3. The highest BCUT2D eigenvalue weighted by Crippen LogP contribution is 2.49. The summed E-state index contributed by atoms with van der Waals surface area (Å²) < 4.78 is 20.0. The molecule has 3 rings (SSSR count). The quantitative estimate of drug-likeness (QED) is 0.786. The zero-order chi connectivity index (χ0) is 14.5. The van der Waals surface area contributed by atoms with Crippen molar-refractivity contribution in [3.8, 4) is 0 Å². The third-order valence-corrected chi connectivity index (χ3v) is 4.36. The summed E-state index contributed by atoms with van der Waals surface area (Å²) in [4.78, 5) is 24.6. The maximum Gasteiger partial charge on any atom is 0.418 e. The van der Waals surface area contributed by atoms with Crippen LogP contribution < -0.4 is 4.90 Å². The van der Waals surface area contributed by atoms with Gasteiger partial charge in [0.05, 0.1) is 11.1 Å². The van der Waals surface area contributed by atoms with Crippen molar-refractivity contribution in [1.82, 2.24) is 0 Å². The fraction of sp³-hybridized carbons (Fsp3) is 0.385. The first-order valence-electron chi connectivity index (χ1n) is 6.12. The first-order chi connectivity index (χ1) is 9.47. The predicted molar refractivity (Wildman–Crippen MR) is 71.3 cm³/mol. The van der Waals surface area contributed by atoms with E-state index < -0.39 is 23.2 Å². The Morgan fingerprint density at radius 3 is 2.65 bits per heavy atom. The number of benzene rings is 1. The van der Waals surface area contributed by atoms with E-state index in [0.717, 1.165) is 0 Å². The van der Waals surface area contributed by atoms with Gasteiger partial charge in [-0.25, -0.2) is 14.1 Å². The summed E-state index contributed by atoms with van der Waals surface area (Å²) >= 11 is 3.13. The molecule has 106 valence electrons. The third-order valence-electron chi connectivity index (χ3n) is 3.90. The number of carbonyl (C=O) groups excluding carboxylic acids is 1. The summed E-state index contributed by atoms with van der Waals surface area (Å²) in [6, 6.07) is 2.73. The van der Waals surface area contributed by atoms with Crippen LogP contribution in [-0.4, -0.2) is 30.3 Å². The molecule has 5 nitrogen and oxygen atoms in total. The molecule has 0 radical (unpaired) electrons. The van der Waals surface area contributed by atoms with Gasteiger partial charge < -0.3 is 9.84 Å². The van der Waals surface area contributed by atoms with Crippen LogP contribution in [0, 0.1) is 5.82 Å². The summed E-state index contributed by atoms with van der Waals surface area (Å²) in [7, 11) is 0. The monoisotopic (exact) mass is 343 g/mol. The lowest BCUT2D eigenvalue weighted by Gasteiger charge is -2.32. The average molecular weight is 344 g/mol. The molecule has 2 aliphatic heterocycles. The predicted octanol–water partition coefficient (Wildman–Crippen LogP) is 2.66. The van der Waals surface area contributed by atoms with Gasteiger partial charge in [0.2, 0.25) is 5.91 Å². The van der Waals surface area contributed by atoms with Gasteiger partial charge >= 0.3 is 6.09 Å². The molecule has 7 heteroatoms. The highest BCUT2D eigenvalue weighted by atomic mass is 79.9. The number of halogens is 2. The molecule has 0 aromatic heterocycles. The van der Waals surface area contributed by atoms with E-state index in [1.165, 1.54) is 12.1 Å². The summed E-state index contributed by atoms with van der Waals surface area (Å²) in [6.07, 6.45) is -0.806. The molecule has 1 aromatic rings. The largest absolute Gasteiger partial charge is 0.464 e. The van der Waals surface area contributed by atoms with Gasteiger partial charge in [-0.1, -0.05) is 15.9 Å². The molecular formula is C13H11BrFNO4. The van der Waals surface area contributed by atoms with Crippen LogP contribution >= 0.6 is 15.9 Å². The van der Waals surface area contributed by atoms with Gasteiger partial charge in [0.1, 0.15) is 5.82 Å². The van der Waals surface area contributed by atoms with E-state index in [4.69, 9.17) is 4.74 Å². The topological polar surface area (TPSA) is 66.8 Å². The smallest absolute Gasteiger partial charge is 0.418 e. The lowest BCUT2D eigenvalue weighted by molar-refractivity contribution is -0.126. The summed E-state index contributed by atoms with van der Waals surface area (Å²) in [5, 5.41) is 9.26. The SMILES string of the molecule is O=C(O)N1C(=O)C2(CCOCC2)c2c(F)cc(Br)cc21. The fourth-order valence-electron chi connectivity index (χ4n) is 3.01. The number of rotatable bonds is 0. The molecule has 1 spiro atoms. The van der Waals surface area contributed by atoms with E-state index in [1.807, 2.05) is 0 Å². The molecule has 20 heavy (non-hydrogen) atoms. The molecule has 1 saturated heterocycles. The van der Waals surface area contributed by atoms with Crippen molar-refractivity contribution in [3.63, 3.8) is 0 Å². The van der Waals surface area contributed by atoms with Crippen LogP contribution in [-0.2, 0) is 14.9 Å². The zero-order valence-electron chi connectivity index (χ0n) is 10.4. The van der Waals surface area contributed by atoms with E-state index in [1.54, 1.807) is 0 Å². The minimum atomic E-state index is -1.39. The summed E-state index contributed by atoms with van der Waals surface area (Å²) in [5.74, 6) is -1.14. The van der Waals surface area contributed by atoms with Crippen molar-refractivity contribution in [2.45, 2.75) is 18.3 Å². The number of amides is 2. The molecule has 2 aliphatic rings. The molecular weight excluding hydrogens is 333 g/mol. The Labute approximate surface area is 122 Å². The van der Waals surface area contributed by atoms with Crippen molar-refractivity contribution in [2.75, 3.05) is 18.1 Å². The number of nitrogens with zero attached hydrogens (tertiary/aromatic N) is 1. The van der Waals surface area contributed by atoms with Crippen LogP contribution in [0.4, 0.5) is 14.9 Å². The standard InChI is InChI=1S/C13H11BrFNO4/c14-7-5-8(15)10-9(6-7)16(12(18)19)11(17)13(10)1-3-20-4-2-13/h5-6H,1-4H2,(H,18,19). The number of ether oxygens (including phenoxy) is 1. The Kier molecular flexibility index (Phi) is 3.06. The van der Waals surface area contributed by atoms with Gasteiger partial charge in [-0.15, -0.1) is 0 Å². The number of anilines is 1. The average Bonchev–Trinajstić information content (AvgIpc) is 2.60. The Morgan fingerprint density at radius 1 is 1.40 bits per heavy atom. The molecule has 0 bridgehead atoms. The van der Waals surface area contributed by atoms with Crippen molar-refractivity contribution in [3.05, 3.63) is 28.0 Å². The van der Waals surface area contributed by atoms with Gasteiger partial charge in [0.25, 0.3) is 0 Å². The Hall–Kier alpha value is -1.47. The maximum atomic E-state index is 14.3. The van der Waals surface area contributed by atoms with Crippen LogP contribution in [0.1, 0.15) is 18.4 Å². The Bertz CT molecular complexity index is 613. The molecule has 0 aliphatic carbocycles.